The lowest BCUT2D eigenvalue weighted by atomic mass is 10.1. The molecule has 8 heteroatoms. The van der Waals surface area contributed by atoms with Gasteiger partial charge in [-0.15, -0.1) is 0 Å². The van der Waals surface area contributed by atoms with Crippen molar-refractivity contribution in [1.29, 1.82) is 0 Å². The minimum absolute atomic E-state index is 0.00952. The molecule has 0 radical (unpaired) electrons. The van der Waals surface area contributed by atoms with E-state index < -0.39 is 5.97 Å². The second-order valence-electron chi connectivity index (χ2n) is 8.34. The Morgan fingerprint density at radius 1 is 1.00 bits per heavy atom. The van der Waals surface area contributed by atoms with E-state index in [0.717, 1.165) is 11.3 Å². The van der Waals surface area contributed by atoms with Crippen LogP contribution in [0, 0.1) is 6.92 Å². The van der Waals surface area contributed by atoms with Crippen LogP contribution in [-0.4, -0.2) is 66.6 Å². The summed E-state index contributed by atoms with van der Waals surface area (Å²) in [5.74, 6) is -1.45. The van der Waals surface area contributed by atoms with Crippen LogP contribution in [0.25, 0.3) is 0 Å². The molecule has 2 aromatic carbocycles. The average Bonchev–Trinajstić information content (AvgIpc) is 2.74. The standard InChI is InChI=1S/C24H30N4O4/c1-16(2)25-22(29)15-27-10-12-28(13-11-27)19-8-9-21(20(14-19)24(31)32)26-23(30)18-6-4-17(3)5-7-18/h4-9,14,16H,10-13,15H2,1-3H3,(H,25,29)(H,26,30)(H,31,32). The third-order valence-corrected chi connectivity index (χ3v) is 5.35. The number of anilines is 2. The van der Waals surface area contributed by atoms with Crippen LogP contribution in [-0.2, 0) is 4.79 Å². The number of hydrogen-bond acceptors (Lipinski definition) is 5. The van der Waals surface area contributed by atoms with E-state index in [1.807, 2.05) is 39.0 Å². The van der Waals surface area contributed by atoms with Crippen LogP contribution in [0.3, 0.4) is 0 Å². The number of carboxylic acid groups (broad SMARTS) is 1. The predicted octanol–water partition coefficient (Wildman–Crippen LogP) is 2.59. The Bertz CT molecular complexity index is 980. The number of aromatic carboxylic acids is 1. The SMILES string of the molecule is Cc1ccc(C(=O)Nc2ccc(N3CCN(CC(=O)NC(C)C)CC3)cc2C(=O)O)cc1. The van der Waals surface area contributed by atoms with Crippen molar-refractivity contribution < 1.29 is 19.5 Å². The molecule has 1 fully saturated rings. The van der Waals surface area contributed by atoms with Crippen LogP contribution in [0.2, 0.25) is 0 Å². The van der Waals surface area contributed by atoms with Crippen molar-refractivity contribution in [3.8, 4) is 0 Å². The maximum Gasteiger partial charge on any atom is 0.337 e. The van der Waals surface area contributed by atoms with Crippen LogP contribution in [0.1, 0.15) is 40.1 Å². The maximum absolute atomic E-state index is 12.5. The summed E-state index contributed by atoms with van der Waals surface area (Å²) >= 11 is 0. The van der Waals surface area contributed by atoms with Gasteiger partial charge >= 0.3 is 5.97 Å². The largest absolute Gasteiger partial charge is 0.478 e. The molecule has 0 unspecified atom stereocenters. The quantitative estimate of drug-likeness (QED) is 0.614. The normalized spacial score (nSPS) is 14.3. The summed E-state index contributed by atoms with van der Waals surface area (Å²) in [5, 5.41) is 15.3. The van der Waals surface area contributed by atoms with Gasteiger partial charge in [-0.3, -0.25) is 14.5 Å². The molecule has 0 saturated carbocycles. The zero-order valence-electron chi connectivity index (χ0n) is 18.7. The number of carbonyl (C=O) groups excluding carboxylic acids is 2. The molecule has 2 amide bonds. The molecule has 32 heavy (non-hydrogen) atoms. The smallest absolute Gasteiger partial charge is 0.337 e. The summed E-state index contributed by atoms with van der Waals surface area (Å²) in [6.45, 7) is 8.94. The molecule has 3 N–H and O–H groups in total. The van der Waals surface area contributed by atoms with Crippen LogP contribution in [0.4, 0.5) is 11.4 Å². The van der Waals surface area contributed by atoms with Crippen molar-refractivity contribution in [1.82, 2.24) is 10.2 Å². The average molecular weight is 439 g/mol. The van der Waals surface area contributed by atoms with Crippen LogP contribution >= 0.6 is 0 Å². The van der Waals surface area contributed by atoms with Crippen molar-refractivity contribution in [2.45, 2.75) is 26.8 Å². The second kappa shape index (κ2) is 10.3. The summed E-state index contributed by atoms with van der Waals surface area (Å²) in [4.78, 5) is 40.5. The fourth-order valence-electron chi connectivity index (χ4n) is 3.65. The fraction of sp³-hybridized carbons (Fsp3) is 0.375. The Hall–Kier alpha value is -3.39. The van der Waals surface area contributed by atoms with E-state index in [2.05, 4.69) is 20.4 Å². The second-order valence-corrected chi connectivity index (χ2v) is 8.34. The first-order valence-electron chi connectivity index (χ1n) is 10.7. The van der Waals surface area contributed by atoms with Gasteiger partial charge in [0.2, 0.25) is 5.91 Å². The first-order valence-corrected chi connectivity index (χ1v) is 10.7. The molecule has 1 aliphatic heterocycles. The van der Waals surface area contributed by atoms with E-state index in [1.165, 1.54) is 0 Å². The maximum atomic E-state index is 12.5. The molecule has 1 heterocycles. The highest BCUT2D eigenvalue weighted by Gasteiger charge is 2.21. The van der Waals surface area contributed by atoms with E-state index in [4.69, 9.17) is 0 Å². The van der Waals surface area contributed by atoms with Gasteiger partial charge in [-0.2, -0.15) is 0 Å². The minimum atomic E-state index is -1.10. The zero-order chi connectivity index (χ0) is 23.3. The molecule has 0 spiro atoms. The molecular formula is C24H30N4O4. The molecule has 0 aliphatic carbocycles. The summed E-state index contributed by atoms with van der Waals surface area (Å²) in [6.07, 6.45) is 0. The van der Waals surface area contributed by atoms with E-state index in [1.54, 1.807) is 24.3 Å². The van der Waals surface area contributed by atoms with Gasteiger partial charge in [0.1, 0.15) is 0 Å². The Morgan fingerprint density at radius 2 is 1.66 bits per heavy atom. The van der Waals surface area contributed by atoms with E-state index in [-0.39, 0.29) is 29.1 Å². The minimum Gasteiger partial charge on any atom is -0.478 e. The molecule has 1 aliphatic rings. The van der Waals surface area contributed by atoms with Crippen molar-refractivity contribution >= 4 is 29.2 Å². The summed E-state index contributed by atoms with van der Waals surface area (Å²) < 4.78 is 0. The summed E-state index contributed by atoms with van der Waals surface area (Å²) in [7, 11) is 0. The van der Waals surface area contributed by atoms with Gasteiger partial charge < -0.3 is 20.6 Å². The molecular weight excluding hydrogens is 408 g/mol. The van der Waals surface area contributed by atoms with Crippen molar-refractivity contribution in [3.05, 3.63) is 59.2 Å². The molecule has 1 saturated heterocycles. The first-order chi connectivity index (χ1) is 15.2. The van der Waals surface area contributed by atoms with Gasteiger partial charge in [0.05, 0.1) is 17.8 Å². The topological polar surface area (TPSA) is 102 Å². The molecule has 0 atom stereocenters. The molecule has 8 nitrogen and oxygen atoms in total. The zero-order valence-corrected chi connectivity index (χ0v) is 18.7. The molecule has 2 aromatic rings. The van der Waals surface area contributed by atoms with Gasteiger partial charge in [-0.05, 0) is 51.1 Å². The van der Waals surface area contributed by atoms with Gasteiger partial charge in [0.25, 0.3) is 5.91 Å². The number of benzene rings is 2. The third-order valence-electron chi connectivity index (χ3n) is 5.35. The Labute approximate surface area is 188 Å². The Balaban J connectivity index is 1.66. The highest BCUT2D eigenvalue weighted by molar-refractivity contribution is 6.08. The van der Waals surface area contributed by atoms with Gasteiger partial charge in [0, 0.05) is 43.5 Å². The number of carboxylic acids is 1. The highest BCUT2D eigenvalue weighted by atomic mass is 16.4. The lowest BCUT2D eigenvalue weighted by molar-refractivity contribution is -0.122. The van der Waals surface area contributed by atoms with Gasteiger partial charge in [0.15, 0.2) is 0 Å². The summed E-state index contributed by atoms with van der Waals surface area (Å²) in [6, 6.07) is 12.2. The fourth-order valence-corrected chi connectivity index (χ4v) is 3.65. The number of aryl methyl sites for hydroxylation is 1. The number of carbonyl (C=O) groups is 3. The van der Waals surface area contributed by atoms with Gasteiger partial charge in [-0.1, -0.05) is 17.7 Å². The van der Waals surface area contributed by atoms with Crippen molar-refractivity contribution in [2.24, 2.45) is 0 Å². The van der Waals surface area contributed by atoms with Crippen LogP contribution in [0.15, 0.2) is 42.5 Å². The number of hydrogen-bond donors (Lipinski definition) is 3. The summed E-state index contributed by atoms with van der Waals surface area (Å²) in [5.41, 5.74) is 2.59. The van der Waals surface area contributed by atoms with Crippen LogP contribution < -0.4 is 15.5 Å². The van der Waals surface area contributed by atoms with Crippen LogP contribution in [0.5, 0.6) is 0 Å². The first kappa shape index (κ1) is 23.3. The van der Waals surface area contributed by atoms with E-state index >= 15 is 0 Å². The number of rotatable bonds is 7. The van der Waals surface area contributed by atoms with E-state index in [0.29, 0.717) is 38.3 Å². The lowest BCUT2D eigenvalue weighted by Crippen LogP contribution is -2.50. The Morgan fingerprint density at radius 3 is 2.25 bits per heavy atom. The van der Waals surface area contributed by atoms with Gasteiger partial charge in [-0.25, -0.2) is 4.79 Å². The predicted molar refractivity (Wildman–Crippen MR) is 124 cm³/mol. The third kappa shape index (κ3) is 6.07. The number of nitrogens with zero attached hydrogens (tertiary/aromatic N) is 2. The van der Waals surface area contributed by atoms with Crippen molar-refractivity contribution in [2.75, 3.05) is 42.9 Å². The molecule has 3 rings (SSSR count). The Kier molecular flexibility index (Phi) is 7.48. The van der Waals surface area contributed by atoms with E-state index in [9.17, 15) is 19.5 Å². The molecule has 0 aromatic heterocycles. The molecule has 0 bridgehead atoms. The highest BCUT2D eigenvalue weighted by Crippen LogP contribution is 2.25. The lowest BCUT2D eigenvalue weighted by Gasteiger charge is -2.36. The number of piperazine rings is 1. The molecule has 170 valence electrons. The monoisotopic (exact) mass is 438 g/mol. The number of nitrogens with one attached hydrogen (secondary N) is 2. The van der Waals surface area contributed by atoms with Crippen molar-refractivity contribution in [3.63, 3.8) is 0 Å². The number of amides is 2.